The zero-order valence-electron chi connectivity index (χ0n) is 13.8. The quantitative estimate of drug-likeness (QED) is 0.481. The van der Waals surface area contributed by atoms with Crippen molar-refractivity contribution in [2.75, 3.05) is 0 Å². The molecule has 0 aliphatic carbocycles. The highest BCUT2D eigenvalue weighted by Gasteiger charge is 2.31. The summed E-state index contributed by atoms with van der Waals surface area (Å²) in [6.45, 7) is 0. The van der Waals surface area contributed by atoms with Crippen molar-refractivity contribution in [1.82, 2.24) is 25.6 Å². The number of rotatable bonds is 3. The van der Waals surface area contributed by atoms with Gasteiger partial charge in [0.05, 0.1) is 24.0 Å². The van der Waals surface area contributed by atoms with Gasteiger partial charge in [-0.3, -0.25) is 9.67 Å². The third-order valence-corrected chi connectivity index (χ3v) is 5.08. The lowest BCUT2D eigenvalue weighted by Gasteiger charge is -2.13. The fraction of sp³-hybridized carbons (Fsp3) is 0.158. The number of aromatic nitrogens is 3. The van der Waals surface area contributed by atoms with Crippen LogP contribution >= 0.6 is 12.2 Å². The van der Waals surface area contributed by atoms with Crippen LogP contribution in [0, 0.1) is 4.77 Å². The lowest BCUT2D eigenvalue weighted by atomic mass is 10.1. The molecule has 130 valence electrons. The Labute approximate surface area is 154 Å². The molecule has 2 aromatic carbocycles. The van der Waals surface area contributed by atoms with Crippen molar-refractivity contribution in [3.63, 3.8) is 0 Å². The van der Waals surface area contributed by atoms with Gasteiger partial charge in [0.15, 0.2) is 10.6 Å². The van der Waals surface area contributed by atoms with Gasteiger partial charge < -0.3 is 4.42 Å². The summed E-state index contributed by atoms with van der Waals surface area (Å²) in [5, 5.41) is 9.77. The highest BCUT2D eigenvalue weighted by Crippen LogP contribution is 2.32. The van der Waals surface area contributed by atoms with E-state index in [1.807, 2.05) is 34.9 Å². The lowest BCUT2D eigenvalue weighted by Crippen LogP contribution is -2.27. The Hall–Kier alpha value is -2.74. The maximum absolute atomic E-state index is 5.54. The Kier molecular flexibility index (Phi) is 3.70. The van der Waals surface area contributed by atoms with Crippen molar-refractivity contribution in [1.29, 1.82) is 0 Å². The van der Waals surface area contributed by atoms with E-state index >= 15 is 0 Å². The third kappa shape index (κ3) is 2.48. The summed E-state index contributed by atoms with van der Waals surface area (Å²) in [5.74, 6) is 1.76. The van der Waals surface area contributed by atoms with Gasteiger partial charge in [0.2, 0.25) is 0 Å². The second kappa shape index (κ2) is 6.21. The predicted octanol–water partition coefficient (Wildman–Crippen LogP) is 3.96. The van der Waals surface area contributed by atoms with Gasteiger partial charge in [-0.25, -0.2) is 10.9 Å². The Balaban J connectivity index is 1.58. The van der Waals surface area contributed by atoms with Gasteiger partial charge in [0, 0.05) is 5.39 Å². The fourth-order valence-electron chi connectivity index (χ4n) is 3.58. The van der Waals surface area contributed by atoms with E-state index in [4.69, 9.17) is 16.6 Å². The van der Waals surface area contributed by atoms with Crippen LogP contribution in [0.25, 0.3) is 16.5 Å². The van der Waals surface area contributed by atoms with Crippen LogP contribution in [0.4, 0.5) is 0 Å². The second-order valence-corrected chi connectivity index (χ2v) is 6.75. The van der Waals surface area contributed by atoms with E-state index < -0.39 is 0 Å². The number of nitrogens with zero attached hydrogens (tertiary/aromatic N) is 2. The summed E-state index contributed by atoms with van der Waals surface area (Å²) in [4.78, 5) is 0. The van der Waals surface area contributed by atoms with Crippen molar-refractivity contribution in [3.05, 3.63) is 77.2 Å². The van der Waals surface area contributed by atoms with Crippen LogP contribution in [-0.2, 0) is 0 Å². The summed E-state index contributed by atoms with van der Waals surface area (Å²) in [6, 6.07) is 18.5. The zero-order valence-corrected chi connectivity index (χ0v) is 14.7. The van der Waals surface area contributed by atoms with E-state index in [0.29, 0.717) is 4.77 Å². The van der Waals surface area contributed by atoms with Crippen molar-refractivity contribution in [3.8, 4) is 5.69 Å². The minimum Gasteiger partial charge on any atom is -0.468 e. The molecule has 1 saturated heterocycles. The minimum atomic E-state index is 0.0111. The van der Waals surface area contributed by atoms with E-state index in [2.05, 4.69) is 45.3 Å². The molecule has 3 heterocycles. The third-order valence-electron chi connectivity index (χ3n) is 4.81. The Morgan fingerprint density at radius 2 is 1.85 bits per heavy atom. The summed E-state index contributed by atoms with van der Waals surface area (Å²) < 4.78 is 8.12. The number of hydrogen-bond donors (Lipinski definition) is 3. The molecule has 5 rings (SSSR count). The number of aromatic amines is 1. The number of nitrogens with one attached hydrogen (secondary N) is 3. The average Bonchev–Trinajstić information content (AvgIpc) is 3.41. The summed E-state index contributed by atoms with van der Waals surface area (Å²) in [5.41, 5.74) is 7.64. The predicted molar refractivity (Wildman–Crippen MR) is 101 cm³/mol. The van der Waals surface area contributed by atoms with E-state index in [9.17, 15) is 0 Å². The normalized spacial score (nSPS) is 20.0. The van der Waals surface area contributed by atoms with Crippen molar-refractivity contribution >= 4 is 23.0 Å². The first-order valence-corrected chi connectivity index (χ1v) is 8.92. The topological polar surface area (TPSA) is 70.8 Å². The first kappa shape index (κ1) is 15.5. The van der Waals surface area contributed by atoms with Crippen LogP contribution in [0.5, 0.6) is 0 Å². The fourth-order valence-corrected chi connectivity index (χ4v) is 3.82. The van der Waals surface area contributed by atoms with E-state index in [-0.39, 0.29) is 12.1 Å². The van der Waals surface area contributed by atoms with Gasteiger partial charge in [0.1, 0.15) is 5.76 Å². The van der Waals surface area contributed by atoms with Gasteiger partial charge in [-0.05, 0) is 42.2 Å². The molecule has 1 aliphatic rings. The molecular formula is C19H17N5OS. The number of hydrazine groups is 1. The molecule has 1 fully saturated rings. The largest absolute Gasteiger partial charge is 0.468 e. The summed E-state index contributed by atoms with van der Waals surface area (Å²) in [6.07, 6.45) is 2.51. The van der Waals surface area contributed by atoms with Gasteiger partial charge in [-0.15, -0.1) is 0 Å². The number of fused-ring (bicyclic) bond motifs is 1. The van der Waals surface area contributed by atoms with Gasteiger partial charge in [0.25, 0.3) is 0 Å². The molecule has 2 unspecified atom stereocenters. The Morgan fingerprint density at radius 3 is 2.73 bits per heavy atom. The number of H-pyrrole nitrogens is 1. The average molecular weight is 363 g/mol. The zero-order chi connectivity index (χ0) is 17.5. The molecule has 4 aromatic rings. The van der Waals surface area contributed by atoms with Crippen LogP contribution in [0.3, 0.4) is 0 Å². The molecule has 2 aromatic heterocycles. The Bertz CT molecular complexity index is 1110. The number of hydrogen-bond acceptors (Lipinski definition) is 5. The maximum Gasteiger partial charge on any atom is 0.199 e. The van der Waals surface area contributed by atoms with Gasteiger partial charge in [-0.1, -0.05) is 36.4 Å². The molecule has 0 radical (unpaired) electrons. The summed E-state index contributed by atoms with van der Waals surface area (Å²) in [7, 11) is 0. The minimum absolute atomic E-state index is 0.0111. The molecule has 6 nitrogen and oxygen atoms in total. The van der Waals surface area contributed by atoms with E-state index in [0.717, 1.165) is 29.1 Å². The highest BCUT2D eigenvalue weighted by molar-refractivity contribution is 7.71. The van der Waals surface area contributed by atoms with Crippen molar-refractivity contribution < 1.29 is 4.42 Å². The van der Waals surface area contributed by atoms with Crippen molar-refractivity contribution in [2.45, 2.75) is 18.5 Å². The van der Waals surface area contributed by atoms with Crippen LogP contribution in [0.1, 0.15) is 30.1 Å². The smallest absolute Gasteiger partial charge is 0.199 e. The Morgan fingerprint density at radius 1 is 1.00 bits per heavy atom. The standard InChI is InChI=1S/C19H17N5OS/c26-19-23-22-18(15-11-14(20-21-15)17-9-4-10-25-17)24(19)16-8-3-6-12-5-1-2-7-13(12)16/h1-10,14-15,20-21H,11H2,(H,23,26). The first-order valence-electron chi connectivity index (χ1n) is 8.51. The van der Waals surface area contributed by atoms with Crippen LogP contribution in [0.2, 0.25) is 0 Å². The van der Waals surface area contributed by atoms with Crippen LogP contribution in [0.15, 0.2) is 65.3 Å². The molecule has 0 saturated carbocycles. The van der Waals surface area contributed by atoms with Gasteiger partial charge in [-0.2, -0.15) is 5.10 Å². The van der Waals surface area contributed by atoms with Crippen LogP contribution < -0.4 is 10.9 Å². The SMILES string of the molecule is S=c1[nH]nc(C2CC(c3ccco3)NN2)n1-c1cccc2ccccc12. The molecule has 0 bridgehead atoms. The molecule has 0 amide bonds. The molecule has 2 atom stereocenters. The monoisotopic (exact) mass is 363 g/mol. The maximum atomic E-state index is 5.54. The molecule has 26 heavy (non-hydrogen) atoms. The molecule has 0 spiro atoms. The summed E-state index contributed by atoms with van der Waals surface area (Å²) >= 11 is 5.54. The van der Waals surface area contributed by atoms with E-state index in [1.54, 1.807) is 6.26 Å². The van der Waals surface area contributed by atoms with E-state index in [1.165, 1.54) is 5.39 Å². The molecule has 7 heteroatoms. The number of furan rings is 1. The number of benzene rings is 2. The van der Waals surface area contributed by atoms with Gasteiger partial charge >= 0.3 is 0 Å². The molecule has 3 N–H and O–H groups in total. The highest BCUT2D eigenvalue weighted by atomic mass is 32.1. The first-order chi connectivity index (χ1) is 12.8. The lowest BCUT2D eigenvalue weighted by molar-refractivity contribution is 0.433. The van der Waals surface area contributed by atoms with Crippen LogP contribution in [-0.4, -0.2) is 14.8 Å². The van der Waals surface area contributed by atoms with Crippen molar-refractivity contribution in [2.24, 2.45) is 0 Å². The molecular weight excluding hydrogens is 346 g/mol. The second-order valence-electron chi connectivity index (χ2n) is 6.37. The molecule has 1 aliphatic heterocycles.